The summed E-state index contributed by atoms with van der Waals surface area (Å²) in [6, 6.07) is 3.31. The van der Waals surface area contributed by atoms with Crippen LogP contribution in [0.3, 0.4) is 0 Å². The Balaban J connectivity index is 2.07. The van der Waals surface area contributed by atoms with Crippen LogP contribution in [0.25, 0.3) is 0 Å². The van der Waals surface area contributed by atoms with Gasteiger partial charge in [0.1, 0.15) is 6.04 Å². The number of rotatable bonds is 9. The maximum Gasteiger partial charge on any atom is 0.242 e. The molecule has 0 saturated carbocycles. The second-order valence-electron chi connectivity index (χ2n) is 4.55. The summed E-state index contributed by atoms with van der Waals surface area (Å²) >= 11 is 1.53. The molecule has 1 amide bonds. The van der Waals surface area contributed by atoms with E-state index in [1.54, 1.807) is 0 Å². The maximum absolute atomic E-state index is 11.7. The van der Waals surface area contributed by atoms with Crippen LogP contribution in [0.1, 0.15) is 56.4 Å². The van der Waals surface area contributed by atoms with E-state index in [0.717, 1.165) is 17.8 Å². The van der Waals surface area contributed by atoms with Crippen LogP contribution < -0.4 is 11.1 Å². The Hall–Kier alpha value is -0.870. The number of amides is 1. The van der Waals surface area contributed by atoms with Gasteiger partial charge in [-0.25, -0.2) is 0 Å². The second kappa shape index (κ2) is 9.11. The lowest BCUT2D eigenvalue weighted by Gasteiger charge is -2.10. The molecule has 4 heteroatoms. The first kappa shape index (κ1) is 15.2. The summed E-state index contributed by atoms with van der Waals surface area (Å²) in [4.78, 5) is 12.7. The van der Waals surface area contributed by atoms with Crippen LogP contribution in [0.5, 0.6) is 0 Å². The van der Waals surface area contributed by atoms with E-state index >= 15 is 0 Å². The second-order valence-corrected chi connectivity index (χ2v) is 5.53. The van der Waals surface area contributed by atoms with Gasteiger partial charge in [0.25, 0.3) is 0 Å². The van der Waals surface area contributed by atoms with Gasteiger partial charge in [0.05, 0.1) is 0 Å². The molecule has 3 nitrogen and oxygen atoms in total. The highest BCUT2D eigenvalue weighted by Gasteiger charge is 2.15. The third-order valence-corrected chi connectivity index (χ3v) is 3.92. The molecule has 0 aromatic carbocycles. The van der Waals surface area contributed by atoms with Crippen molar-refractivity contribution in [1.82, 2.24) is 5.32 Å². The lowest BCUT2D eigenvalue weighted by Crippen LogP contribution is -2.34. The topological polar surface area (TPSA) is 55.1 Å². The van der Waals surface area contributed by atoms with Gasteiger partial charge >= 0.3 is 0 Å². The molecule has 1 unspecified atom stereocenters. The minimum atomic E-state index is -0.509. The van der Waals surface area contributed by atoms with Crippen molar-refractivity contribution in [3.8, 4) is 0 Å². The molecule has 0 aliphatic heterocycles. The Morgan fingerprint density at radius 1 is 1.33 bits per heavy atom. The van der Waals surface area contributed by atoms with E-state index in [1.807, 2.05) is 17.5 Å². The van der Waals surface area contributed by atoms with Gasteiger partial charge in [-0.1, -0.05) is 45.1 Å². The van der Waals surface area contributed by atoms with E-state index in [0.29, 0.717) is 0 Å². The van der Waals surface area contributed by atoms with E-state index in [9.17, 15) is 4.79 Å². The minimum absolute atomic E-state index is 0.0639. The van der Waals surface area contributed by atoms with Crippen molar-refractivity contribution in [2.45, 2.75) is 51.5 Å². The van der Waals surface area contributed by atoms with Gasteiger partial charge in [0.2, 0.25) is 5.91 Å². The van der Waals surface area contributed by atoms with Gasteiger partial charge in [0, 0.05) is 11.4 Å². The SMILES string of the molecule is CCCCCCCCNC(=O)C(N)c1cccs1. The van der Waals surface area contributed by atoms with E-state index in [4.69, 9.17) is 5.73 Å². The number of carbonyl (C=O) groups is 1. The molecule has 1 aromatic rings. The first-order valence-electron chi connectivity index (χ1n) is 6.82. The highest BCUT2D eigenvalue weighted by molar-refractivity contribution is 7.10. The number of nitrogens with two attached hydrogens (primary N) is 1. The van der Waals surface area contributed by atoms with Crippen LogP contribution in [-0.2, 0) is 4.79 Å². The van der Waals surface area contributed by atoms with Gasteiger partial charge in [0.15, 0.2) is 0 Å². The van der Waals surface area contributed by atoms with Crippen molar-refractivity contribution >= 4 is 17.2 Å². The Morgan fingerprint density at radius 2 is 2.06 bits per heavy atom. The van der Waals surface area contributed by atoms with Crippen molar-refractivity contribution in [3.63, 3.8) is 0 Å². The van der Waals surface area contributed by atoms with Crippen LogP contribution in [0, 0.1) is 0 Å². The Kier molecular flexibility index (Phi) is 7.69. The van der Waals surface area contributed by atoms with Crippen LogP contribution in [-0.4, -0.2) is 12.5 Å². The zero-order valence-electron chi connectivity index (χ0n) is 11.2. The molecule has 102 valence electrons. The molecule has 1 heterocycles. The van der Waals surface area contributed by atoms with E-state index < -0.39 is 6.04 Å². The van der Waals surface area contributed by atoms with Crippen molar-refractivity contribution in [2.24, 2.45) is 5.73 Å². The molecular weight excluding hydrogens is 244 g/mol. The molecule has 0 aliphatic rings. The van der Waals surface area contributed by atoms with Crippen LogP contribution in [0.15, 0.2) is 17.5 Å². The molecule has 0 spiro atoms. The molecule has 0 fully saturated rings. The maximum atomic E-state index is 11.7. The predicted molar refractivity (Wildman–Crippen MR) is 77.6 cm³/mol. The molecule has 1 atom stereocenters. The predicted octanol–water partition coefficient (Wildman–Crippen LogP) is 3.22. The van der Waals surface area contributed by atoms with Gasteiger partial charge in [-0.3, -0.25) is 4.79 Å². The third-order valence-electron chi connectivity index (χ3n) is 2.96. The molecule has 0 saturated heterocycles. The smallest absolute Gasteiger partial charge is 0.242 e. The van der Waals surface area contributed by atoms with Crippen molar-refractivity contribution < 1.29 is 4.79 Å². The van der Waals surface area contributed by atoms with Crippen molar-refractivity contribution in [3.05, 3.63) is 22.4 Å². The fourth-order valence-electron chi connectivity index (χ4n) is 1.82. The van der Waals surface area contributed by atoms with Gasteiger partial charge in [-0.05, 0) is 17.9 Å². The molecule has 1 rings (SSSR count). The van der Waals surface area contributed by atoms with E-state index in [-0.39, 0.29) is 5.91 Å². The van der Waals surface area contributed by atoms with Crippen LogP contribution in [0.2, 0.25) is 0 Å². The molecule has 18 heavy (non-hydrogen) atoms. The summed E-state index contributed by atoms with van der Waals surface area (Å²) in [5, 5.41) is 4.85. The Bertz CT molecular complexity index is 325. The lowest BCUT2D eigenvalue weighted by atomic mass is 10.1. The van der Waals surface area contributed by atoms with Gasteiger partial charge < -0.3 is 11.1 Å². The molecule has 1 aromatic heterocycles. The lowest BCUT2D eigenvalue weighted by molar-refractivity contribution is -0.122. The summed E-state index contributed by atoms with van der Waals surface area (Å²) in [7, 11) is 0. The summed E-state index contributed by atoms with van der Waals surface area (Å²) in [6.07, 6.45) is 7.39. The zero-order chi connectivity index (χ0) is 13.2. The number of thiophene rings is 1. The standard InChI is InChI=1S/C14H24N2OS/c1-2-3-4-5-6-7-10-16-14(17)13(15)12-9-8-11-18-12/h8-9,11,13H,2-7,10,15H2,1H3,(H,16,17). The van der Waals surface area contributed by atoms with Crippen LogP contribution >= 0.6 is 11.3 Å². The van der Waals surface area contributed by atoms with Gasteiger partial charge in [-0.2, -0.15) is 0 Å². The quantitative estimate of drug-likeness (QED) is 0.676. The number of hydrogen-bond donors (Lipinski definition) is 2. The normalized spacial score (nSPS) is 12.3. The fourth-order valence-corrected chi connectivity index (χ4v) is 2.55. The summed E-state index contributed by atoms with van der Waals surface area (Å²) in [5.74, 6) is -0.0639. The number of hydrogen-bond acceptors (Lipinski definition) is 3. The van der Waals surface area contributed by atoms with Gasteiger partial charge in [-0.15, -0.1) is 11.3 Å². The first-order chi connectivity index (χ1) is 8.75. The Morgan fingerprint density at radius 3 is 2.72 bits per heavy atom. The highest BCUT2D eigenvalue weighted by Crippen LogP contribution is 2.16. The average molecular weight is 268 g/mol. The first-order valence-corrected chi connectivity index (χ1v) is 7.70. The molecule has 0 aliphatic carbocycles. The Labute approximate surface area is 114 Å². The fraction of sp³-hybridized carbons (Fsp3) is 0.643. The summed E-state index contributed by atoms with van der Waals surface area (Å²) in [6.45, 7) is 2.95. The minimum Gasteiger partial charge on any atom is -0.354 e. The van der Waals surface area contributed by atoms with E-state index in [2.05, 4.69) is 12.2 Å². The summed E-state index contributed by atoms with van der Waals surface area (Å²) < 4.78 is 0. The number of carbonyl (C=O) groups excluding carboxylic acids is 1. The molecular formula is C14H24N2OS. The highest BCUT2D eigenvalue weighted by atomic mass is 32.1. The van der Waals surface area contributed by atoms with E-state index in [1.165, 1.54) is 43.4 Å². The molecule has 3 N–H and O–H groups in total. The molecule has 0 radical (unpaired) electrons. The molecule has 0 bridgehead atoms. The monoisotopic (exact) mass is 268 g/mol. The zero-order valence-corrected chi connectivity index (χ0v) is 12.0. The van der Waals surface area contributed by atoms with Crippen molar-refractivity contribution in [2.75, 3.05) is 6.54 Å². The number of unbranched alkanes of at least 4 members (excludes halogenated alkanes) is 5. The summed E-state index contributed by atoms with van der Waals surface area (Å²) in [5.41, 5.74) is 5.86. The largest absolute Gasteiger partial charge is 0.354 e. The third kappa shape index (κ3) is 5.65. The average Bonchev–Trinajstić information content (AvgIpc) is 2.90. The number of nitrogens with one attached hydrogen (secondary N) is 1. The van der Waals surface area contributed by atoms with Crippen molar-refractivity contribution in [1.29, 1.82) is 0 Å². The van der Waals surface area contributed by atoms with Crippen LogP contribution in [0.4, 0.5) is 0 Å².